The quantitative estimate of drug-likeness (QED) is 0.441. The largest absolute Gasteiger partial charge is 0.489 e. The zero-order valence-corrected chi connectivity index (χ0v) is 19.1. The van der Waals surface area contributed by atoms with Gasteiger partial charge in [0.25, 0.3) is 0 Å². The van der Waals surface area contributed by atoms with Crippen molar-refractivity contribution < 1.29 is 17.9 Å². The molecule has 5 nitrogen and oxygen atoms in total. The Morgan fingerprint density at radius 3 is 2.38 bits per heavy atom. The predicted octanol–water partition coefficient (Wildman–Crippen LogP) is 4.73. The van der Waals surface area contributed by atoms with Crippen molar-refractivity contribution in [3.8, 4) is 5.75 Å². The van der Waals surface area contributed by atoms with Crippen molar-refractivity contribution in [3.05, 3.63) is 101 Å². The minimum absolute atomic E-state index is 0.449. The number of sulfonamides is 1. The number of aryl methyl sites for hydroxylation is 1. The number of benzene rings is 3. The first kappa shape index (κ1) is 22.5. The molecule has 1 aliphatic rings. The van der Waals surface area contributed by atoms with E-state index in [1.165, 1.54) is 16.1 Å². The normalized spacial score (nSPS) is 16.5. The second-order valence-corrected chi connectivity index (χ2v) is 10.0. The predicted molar refractivity (Wildman–Crippen MR) is 126 cm³/mol. The molecular formula is C26H29NO4S. The third-order valence-corrected chi connectivity index (χ3v) is 6.89. The van der Waals surface area contributed by atoms with Crippen LogP contribution in [0.5, 0.6) is 5.75 Å². The van der Waals surface area contributed by atoms with E-state index in [-0.39, 0.29) is 0 Å². The molecule has 0 saturated carbocycles. The van der Waals surface area contributed by atoms with Gasteiger partial charge in [-0.2, -0.15) is 4.31 Å². The Bertz CT molecular complexity index is 1110. The lowest BCUT2D eigenvalue weighted by molar-refractivity contribution is -0.0277. The van der Waals surface area contributed by atoms with Gasteiger partial charge in [-0.15, -0.1) is 0 Å². The molecule has 3 aromatic carbocycles. The molecule has 4 rings (SSSR count). The summed E-state index contributed by atoms with van der Waals surface area (Å²) < 4.78 is 38.0. The maximum Gasteiger partial charge on any atom is 0.213 e. The van der Waals surface area contributed by atoms with Crippen molar-refractivity contribution in [2.75, 3.05) is 19.4 Å². The third kappa shape index (κ3) is 5.76. The van der Waals surface area contributed by atoms with Gasteiger partial charge < -0.3 is 9.47 Å². The highest BCUT2D eigenvalue weighted by atomic mass is 32.2. The standard InChI is InChI=1S/C26H29NO4S/c1-32(28,29)27-18-17-23-11-5-6-12-25(23)26(27)30-19-7-10-21-13-15-24(16-14-21)31-20-22-8-3-2-4-9-22/h2-6,8-9,11-16,26H,7,10,17-20H2,1H3. The van der Waals surface area contributed by atoms with Crippen LogP contribution in [0.2, 0.25) is 0 Å². The molecule has 168 valence electrons. The van der Waals surface area contributed by atoms with Crippen LogP contribution in [0, 0.1) is 0 Å². The number of rotatable bonds is 9. The third-order valence-electron chi connectivity index (χ3n) is 5.67. The Morgan fingerprint density at radius 1 is 0.906 bits per heavy atom. The van der Waals surface area contributed by atoms with Crippen LogP contribution in [-0.2, 0) is 34.2 Å². The topological polar surface area (TPSA) is 55.8 Å². The SMILES string of the molecule is CS(=O)(=O)N1CCc2ccccc2C1OCCCc1ccc(OCc2ccccc2)cc1. The van der Waals surface area contributed by atoms with Gasteiger partial charge in [-0.05, 0) is 53.6 Å². The lowest BCUT2D eigenvalue weighted by Crippen LogP contribution is -2.40. The molecule has 0 aromatic heterocycles. The lowest BCUT2D eigenvalue weighted by atomic mass is 10.00. The summed E-state index contributed by atoms with van der Waals surface area (Å²) in [6.07, 6.45) is 3.07. The molecule has 0 amide bonds. The van der Waals surface area contributed by atoms with Crippen LogP contribution in [0.15, 0.2) is 78.9 Å². The molecule has 1 atom stereocenters. The summed E-state index contributed by atoms with van der Waals surface area (Å²) in [5, 5.41) is 0. The maximum atomic E-state index is 12.3. The van der Waals surface area contributed by atoms with Gasteiger partial charge in [0.15, 0.2) is 0 Å². The molecule has 0 saturated heterocycles. The number of ether oxygens (including phenoxy) is 2. The number of nitrogens with zero attached hydrogens (tertiary/aromatic N) is 1. The Hall–Kier alpha value is -2.67. The van der Waals surface area contributed by atoms with Gasteiger partial charge in [0.2, 0.25) is 10.0 Å². The van der Waals surface area contributed by atoms with Crippen LogP contribution in [0.3, 0.4) is 0 Å². The summed E-state index contributed by atoms with van der Waals surface area (Å²) in [5.41, 5.74) is 4.44. The molecule has 6 heteroatoms. The highest BCUT2D eigenvalue weighted by molar-refractivity contribution is 7.88. The van der Waals surface area contributed by atoms with Crippen molar-refractivity contribution in [3.63, 3.8) is 0 Å². The smallest absolute Gasteiger partial charge is 0.213 e. The van der Waals surface area contributed by atoms with Gasteiger partial charge in [0.1, 0.15) is 18.6 Å². The molecule has 0 bridgehead atoms. The van der Waals surface area contributed by atoms with Crippen LogP contribution in [-0.4, -0.2) is 32.1 Å². The maximum absolute atomic E-state index is 12.3. The summed E-state index contributed by atoms with van der Waals surface area (Å²) in [5.74, 6) is 0.844. The van der Waals surface area contributed by atoms with Gasteiger partial charge >= 0.3 is 0 Å². The molecule has 0 fully saturated rings. The van der Waals surface area contributed by atoms with E-state index in [0.29, 0.717) is 26.2 Å². The highest BCUT2D eigenvalue weighted by Gasteiger charge is 2.33. The fourth-order valence-electron chi connectivity index (χ4n) is 3.98. The van der Waals surface area contributed by atoms with E-state index in [1.54, 1.807) is 0 Å². The van der Waals surface area contributed by atoms with Crippen molar-refractivity contribution >= 4 is 10.0 Å². The summed E-state index contributed by atoms with van der Waals surface area (Å²) in [6.45, 7) is 1.48. The van der Waals surface area contributed by atoms with Crippen LogP contribution in [0.25, 0.3) is 0 Å². The first-order valence-electron chi connectivity index (χ1n) is 10.9. The zero-order valence-electron chi connectivity index (χ0n) is 18.3. The monoisotopic (exact) mass is 451 g/mol. The number of fused-ring (bicyclic) bond motifs is 1. The van der Waals surface area contributed by atoms with Gasteiger partial charge in [-0.3, -0.25) is 0 Å². The van der Waals surface area contributed by atoms with Crippen LogP contribution in [0.1, 0.15) is 34.9 Å². The number of hydrogen-bond donors (Lipinski definition) is 0. The molecule has 3 aromatic rings. The highest BCUT2D eigenvalue weighted by Crippen LogP contribution is 2.32. The molecule has 1 aliphatic heterocycles. The first-order valence-corrected chi connectivity index (χ1v) is 12.8. The first-order chi connectivity index (χ1) is 15.5. The van der Waals surface area contributed by atoms with E-state index in [9.17, 15) is 8.42 Å². The number of hydrogen-bond acceptors (Lipinski definition) is 4. The Balaban J connectivity index is 1.29. The molecular weight excluding hydrogens is 422 g/mol. The van der Waals surface area contributed by atoms with E-state index >= 15 is 0 Å². The van der Waals surface area contributed by atoms with E-state index in [4.69, 9.17) is 9.47 Å². The molecule has 0 radical (unpaired) electrons. The summed E-state index contributed by atoms with van der Waals surface area (Å²) in [7, 11) is -3.34. The minimum atomic E-state index is -3.34. The Labute approximate surface area is 190 Å². The average Bonchev–Trinajstić information content (AvgIpc) is 2.81. The zero-order chi connectivity index (χ0) is 22.4. The molecule has 0 N–H and O–H groups in total. The van der Waals surface area contributed by atoms with Crippen molar-refractivity contribution in [1.82, 2.24) is 4.31 Å². The second kappa shape index (κ2) is 10.3. The summed E-state index contributed by atoms with van der Waals surface area (Å²) >= 11 is 0. The van der Waals surface area contributed by atoms with Gasteiger partial charge in [0.05, 0.1) is 6.26 Å². The van der Waals surface area contributed by atoms with Gasteiger partial charge in [-0.1, -0.05) is 66.7 Å². The molecule has 1 heterocycles. The summed E-state index contributed by atoms with van der Waals surface area (Å²) in [6, 6.07) is 26.1. The molecule has 0 spiro atoms. The van der Waals surface area contributed by atoms with Crippen LogP contribution in [0.4, 0.5) is 0 Å². The fraction of sp³-hybridized carbons (Fsp3) is 0.308. The fourth-order valence-corrected chi connectivity index (χ4v) is 4.93. The van der Waals surface area contributed by atoms with E-state index in [0.717, 1.165) is 35.3 Å². The van der Waals surface area contributed by atoms with Gasteiger partial charge in [0, 0.05) is 13.2 Å². The Morgan fingerprint density at radius 2 is 1.62 bits per heavy atom. The van der Waals surface area contributed by atoms with Crippen molar-refractivity contribution in [1.29, 1.82) is 0 Å². The van der Waals surface area contributed by atoms with Crippen LogP contribution >= 0.6 is 0 Å². The van der Waals surface area contributed by atoms with Crippen LogP contribution < -0.4 is 4.74 Å². The van der Waals surface area contributed by atoms with E-state index in [1.807, 2.05) is 66.7 Å². The van der Waals surface area contributed by atoms with Crippen molar-refractivity contribution in [2.45, 2.75) is 32.1 Å². The van der Waals surface area contributed by atoms with E-state index in [2.05, 4.69) is 12.1 Å². The minimum Gasteiger partial charge on any atom is -0.489 e. The average molecular weight is 452 g/mol. The van der Waals surface area contributed by atoms with Gasteiger partial charge in [-0.25, -0.2) is 8.42 Å². The van der Waals surface area contributed by atoms with E-state index < -0.39 is 16.3 Å². The summed E-state index contributed by atoms with van der Waals surface area (Å²) in [4.78, 5) is 0. The Kier molecular flexibility index (Phi) is 7.25. The lowest BCUT2D eigenvalue weighted by Gasteiger charge is -2.35. The molecule has 32 heavy (non-hydrogen) atoms. The second-order valence-electron chi connectivity index (χ2n) is 8.07. The molecule has 0 aliphatic carbocycles. The van der Waals surface area contributed by atoms with Crippen molar-refractivity contribution in [2.24, 2.45) is 0 Å². The molecule has 1 unspecified atom stereocenters.